The van der Waals surface area contributed by atoms with Gasteiger partial charge in [-0.3, -0.25) is 20.4 Å². The number of nitrogens with one attached hydrogen (secondary N) is 2. The van der Waals surface area contributed by atoms with Gasteiger partial charge in [-0.15, -0.1) is 0 Å². The van der Waals surface area contributed by atoms with Crippen molar-refractivity contribution in [2.24, 2.45) is 0 Å². The van der Waals surface area contributed by atoms with Crippen LogP contribution in [0.1, 0.15) is 29.3 Å². The minimum Gasteiger partial charge on any atom is -0.496 e. The summed E-state index contributed by atoms with van der Waals surface area (Å²) < 4.78 is 16.0. The zero-order valence-electron chi connectivity index (χ0n) is 16.2. The third-order valence-electron chi connectivity index (χ3n) is 3.74. The molecule has 2 aromatic rings. The molecular weight excluding hydrogens is 360 g/mol. The van der Waals surface area contributed by atoms with Gasteiger partial charge >= 0.3 is 0 Å². The van der Waals surface area contributed by atoms with E-state index in [-0.39, 0.29) is 0 Å². The number of methoxy groups -OCH3 is 2. The van der Waals surface area contributed by atoms with E-state index in [0.717, 1.165) is 12.0 Å². The van der Waals surface area contributed by atoms with E-state index >= 15 is 0 Å². The van der Waals surface area contributed by atoms with E-state index in [1.54, 1.807) is 37.5 Å². The number of para-hydroxylation sites is 1. The fraction of sp³-hybridized carbons (Fsp3) is 0.238. The second-order valence-electron chi connectivity index (χ2n) is 5.73. The Morgan fingerprint density at radius 1 is 0.964 bits per heavy atom. The molecule has 0 heterocycles. The van der Waals surface area contributed by atoms with Gasteiger partial charge in [-0.05, 0) is 36.8 Å². The minimum atomic E-state index is -0.478. The molecule has 7 nitrogen and oxygen atoms in total. The summed E-state index contributed by atoms with van der Waals surface area (Å²) in [6.07, 6.45) is 3.77. The van der Waals surface area contributed by atoms with Gasteiger partial charge in [0.25, 0.3) is 11.8 Å². The molecule has 0 radical (unpaired) electrons. The topological polar surface area (TPSA) is 85.9 Å². The summed E-state index contributed by atoms with van der Waals surface area (Å²) in [5.74, 6) is 0.703. The first-order valence-electron chi connectivity index (χ1n) is 8.81. The molecule has 2 amide bonds. The lowest BCUT2D eigenvalue weighted by atomic mass is 10.2. The molecule has 2 aromatic carbocycles. The molecule has 0 aliphatic rings. The average molecular weight is 384 g/mol. The Morgan fingerprint density at radius 3 is 2.43 bits per heavy atom. The van der Waals surface area contributed by atoms with Crippen LogP contribution in [0.3, 0.4) is 0 Å². The molecule has 0 saturated carbocycles. The molecule has 0 aromatic heterocycles. The lowest BCUT2D eigenvalue weighted by molar-refractivity contribution is -0.117. The highest BCUT2D eigenvalue weighted by molar-refractivity contribution is 5.98. The van der Waals surface area contributed by atoms with Crippen LogP contribution in [0.2, 0.25) is 0 Å². The van der Waals surface area contributed by atoms with E-state index in [1.165, 1.54) is 13.2 Å². The van der Waals surface area contributed by atoms with Gasteiger partial charge in [0, 0.05) is 17.2 Å². The van der Waals surface area contributed by atoms with E-state index in [2.05, 4.69) is 10.9 Å². The van der Waals surface area contributed by atoms with Crippen LogP contribution in [-0.4, -0.2) is 32.6 Å². The second-order valence-corrected chi connectivity index (χ2v) is 5.73. The average Bonchev–Trinajstić information content (AvgIpc) is 2.74. The molecular formula is C21H24N2O5. The highest BCUT2D eigenvalue weighted by Gasteiger charge is 2.11. The predicted molar refractivity (Wildman–Crippen MR) is 106 cm³/mol. The van der Waals surface area contributed by atoms with E-state index in [9.17, 15) is 9.59 Å². The van der Waals surface area contributed by atoms with Crippen LogP contribution < -0.4 is 25.1 Å². The number of ether oxygens (including phenoxy) is 3. The third kappa shape index (κ3) is 5.77. The van der Waals surface area contributed by atoms with E-state index in [0.29, 0.717) is 29.4 Å². The first-order valence-corrected chi connectivity index (χ1v) is 8.81. The maximum atomic E-state index is 12.3. The van der Waals surface area contributed by atoms with Crippen molar-refractivity contribution in [2.75, 3.05) is 20.8 Å². The fourth-order valence-electron chi connectivity index (χ4n) is 2.34. The first-order chi connectivity index (χ1) is 13.6. The lowest BCUT2D eigenvalue weighted by Crippen LogP contribution is -2.40. The normalized spacial score (nSPS) is 10.4. The van der Waals surface area contributed by atoms with Gasteiger partial charge in [-0.2, -0.15) is 0 Å². The molecule has 0 aliphatic heterocycles. The lowest BCUT2D eigenvalue weighted by Gasteiger charge is -2.12. The SMILES string of the molecule is CCCOc1ccc(C(=O)NNC(=O)/C=C/c2ccccc2OC)cc1OC. The van der Waals surface area contributed by atoms with Crippen LogP contribution in [0, 0.1) is 0 Å². The van der Waals surface area contributed by atoms with Gasteiger partial charge in [-0.1, -0.05) is 25.1 Å². The van der Waals surface area contributed by atoms with Crippen molar-refractivity contribution in [1.82, 2.24) is 10.9 Å². The van der Waals surface area contributed by atoms with Gasteiger partial charge in [0.1, 0.15) is 5.75 Å². The Kier molecular flexibility index (Phi) is 7.90. The summed E-state index contributed by atoms with van der Waals surface area (Å²) in [6, 6.07) is 12.1. The Bertz CT molecular complexity index is 848. The zero-order chi connectivity index (χ0) is 20.4. The molecule has 0 unspecified atom stereocenters. The molecule has 28 heavy (non-hydrogen) atoms. The summed E-state index contributed by atoms with van der Waals surface area (Å²) in [5, 5.41) is 0. The van der Waals surface area contributed by atoms with Crippen LogP contribution >= 0.6 is 0 Å². The maximum absolute atomic E-state index is 12.3. The van der Waals surface area contributed by atoms with Crippen molar-refractivity contribution in [2.45, 2.75) is 13.3 Å². The van der Waals surface area contributed by atoms with Crippen molar-refractivity contribution in [3.05, 3.63) is 59.7 Å². The standard InChI is InChI=1S/C21H24N2O5/c1-4-13-28-18-11-9-16(14-19(18)27-3)21(25)23-22-20(24)12-10-15-7-5-6-8-17(15)26-2/h5-12,14H,4,13H2,1-3H3,(H,22,24)(H,23,25)/b12-10+. The van der Waals surface area contributed by atoms with Crippen LogP contribution in [0.15, 0.2) is 48.5 Å². The number of hydrazine groups is 1. The van der Waals surface area contributed by atoms with E-state index in [1.807, 2.05) is 25.1 Å². The van der Waals surface area contributed by atoms with Crippen LogP contribution in [0.25, 0.3) is 6.08 Å². The number of carbonyl (C=O) groups is 2. The highest BCUT2D eigenvalue weighted by Crippen LogP contribution is 2.28. The van der Waals surface area contributed by atoms with Crippen molar-refractivity contribution in [3.63, 3.8) is 0 Å². The molecule has 0 aliphatic carbocycles. The smallest absolute Gasteiger partial charge is 0.269 e. The molecule has 2 N–H and O–H groups in total. The predicted octanol–water partition coefficient (Wildman–Crippen LogP) is 2.97. The summed E-state index contributed by atoms with van der Waals surface area (Å²) >= 11 is 0. The number of benzene rings is 2. The summed E-state index contributed by atoms with van der Waals surface area (Å²) in [7, 11) is 3.06. The van der Waals surface area contributed by atoms with Gasteiger partial charge < -0.3 is 14.2 Å². The number of rotatable bonds is 8. The summed E-state index contributed by atoms with van der Waals surface area (Å²) in [5.41, 5.74) is 5.77. The quantitative estimate of drug-likeness (QED) is 0.540. The summed E-state index contributed by atoms with van der Waals surface area (Å²) in [6.45, 7) is 2.55. The number of hydrogen-bond acceptors (Lipinski definition) is 5. The molecule has 0 saturated heterocycles. The zero-order valence-corrected chi connectivity index (χ0v) is 16.2. The van der Waals surface area contributed by atoms with Gasteiger partial charge in [0.05, 0.1) is 20.8 Å². The fourth-order valence-corrected chi connectivity index (χ4v) is 2.34. The van der Waals surface area contributed by atoms with Crippen molar-refractivity contribution < 1.29 is 23.8 Å². The van der Waals surface area contributed by atoms with E-state index in [4.69, 9.17) is 14.2 Å². The van der Waals surface area contributed by atoms with E-state index < -0.39 is 11.8 Å². The Hall–Kier alpha value is -3.48. The largest absolute Gasteiger partial charge is 0.496 e. The monoisotopic (exact) mass is 384 g/mol. The summed E-state index contributed by atoms with van der Waals surface area (Å²) in [4.78, 5) is 24.2. The molecule has 2 rings (SSSR count). The molecule has 0 bridgehead atoms. The van der Waals surface area contributed by atoms with Crippen LogP contribution in [-0.2, 0) is 4.79 Å². The van der Waals surface area contributed by atoms with Crippen molar-refractivity contribution in [1.29, 1.82) is 0 Å². The number of hydrogen-bond donors (Lipinski definition) is 2. The first kappa shape index (κ1) is 20.8. The van der Waals surface area contributed by atoms with Crippen LogP contribution in [0.4, 0.5) is 0 Å². The third-order valence-corrected chi connectivity index (χ3v) is 3.74. The Labute approximate surface area is 164 Å². The van der Waals surface area contributed by atoms with Gasteiger partial charge in [0.15, 0.2) is 11.5 Å². The van der Waals surface area contributed by atoms with Crippen LogP contribution in [0.5, 0.6) is 17.2 Å². The molecule has 7 heteroatoms. The van der Waals surface area contributed by atoms with Crippen molar-refractivity contribution in [3.8, 4) is 17.2 Å². The Balaban J connectivity index is 1.95. The van der Waals surface area contributed by atoms with Gasteiger partial charge in [0.2, 0.25) is 0 Å². The van der Waals surface area contributed by atoms with Gasteiger partial charge in [-0.25, -0.2) is 0 Å². The second kappa shape index (κ2) is 10.6. The molecule has 148 valence electrons. The van der Waals surface area contributed by atoms with Crippen molar-refractivity contribution >= 4 is 17.9 Å². The molecule has 0 fully saturated rings. The number of amides is 2. The molecule has 0 atom stereocenters. The minimum absolute atomic E-state index is 0.328. The maximum Gasteiger partial charge on any atom is 0.269 e. The highest BCUT2D eigenvalue weighted by atomic mass is 16.5. The molecule has 0 spiro atoms. The number of carbonyl (C=O) groups excluding carboxylic acids is 2. The Morgan fingerprint density at radius 2 is 1.71 bits per heavy atom.